The molecule has 0 saturated heterocycles. The van der Waals surface area contributed by atoms with Gasteiger partial charge in [0.25, 0.3) is 0 Å². The molecule has 0 bridgehead atoms. The van der Waals surface area contributed by atoms with E-state index < -0.39 is 21.7 Å². The predicted octanol–water partition coefficient (Wildman–Crippen LogP) is 1.96. The lowest BCUT2D eigenvalue weighted by molar-refractivity contribution is -0.134. The fourth-order valence-corrected chi connectivity index (χ4v) is 2.39. The summed E-state index contributed by atoms with van der Waals surface area (Å²) in [6.45, 7) is 2.45. The summed E-state index contributed by atoms with van der Waals surface area (Å²) in [5.41, 5.74) is 0.190. The minimum atomic E-state index is -3.93. The molecular weight excluding hydrogens is 294 g/mol. The van der Waals surface area contributed by atoms with Crippen LogP contribution in [0.1, 0.15) is 13.3 Å². The molecule has 0 atom stereocenters. The van der Waals surface area contributed by atoms with Crippen LogP contribution in [-0.2, 0) is 14.8 Å². The van der Waals surface area contributed by atoms with E-state index in [-0.39, 0.29) is 10.7 Å². The lowest BCUT2D eigenvalue weighted by Gasteiger charge is -2.10. The van der Waals surface area contributed by atoms with E-state index in [4.69, 9.17) is 21.4 Å². The molecule has 106 valence electrons. The van der Waals surface area contributed by atoms with Crippen molar-refractivity contribution < 1.29 is 23.1 Å². The Labute approximate surface area is 116 Å². The highest BCUT2D eigenvalue weighted by atomic mass is 35.5. The lowest BCUT2D eigenvalue weighted by Crippen LogP contribution is -2.22. The highest BCUT2D eigenvalue weighted by molar-refractivity contribution is 7.93. The van der Waals surface area contributed by atoms with Gasteiger partial charge in [-0.05, 0) is 24.6 Å². The molecule has 0 aliphatic rings. The van der Waals surface area contributed by atoms with Crippen molar-refractivity contribution in [3.63, 3.8) is 0 Å². The van der Waals surface area contributed by atoms with Gasteiger partial charge in [0, 0.05) is 0 Å². The highest BCUT2D eigenvalue weighted by Gasteiger charge is 2.16. The number of nitrogens with one attached hydrogen (secondary N) is 1. The molecule has 0 aliphatic carbocycles. The zero-order chi connectivity index (χ0) is 14.5. The average Bonchev–Trinajstić information content (AvgIpc) is 2.25. The zero-order valence-electron chi connectivity index (χ0n) is 10.2. The minimum absolute atomic E-state index is 0.190. The van der Waals surface area contributed by atoms with Gasteiger partial charge >= 0.3 is 5.97 Å². The molecule has 1 rings (SSSR count). The van der Waals surface area contributed by atoms with Crippen molar-refractivity contribution in [2.24, 2.45) is 0 Å². The van der Waals surface area contributed by atoms with Gasteiger partial charge in [0.15, 0.2) is 5.75 Å². The van der Waals surface area contributed by atoms with E-state index in [1.807, 2.05) is 6.92 Å². The maximum Gasteiger partial charge on any atom is 0.320 e. The largest absolute Gasteiger partial charge is 0.492 e. The van der Waals surface area contributed by atoms with Crippen LogP contribution >= 0.6 is 11.6 Å². The summed E-state index contributed by atoms with van der Waals surface area (Å²) in [5, 5.41) is 8.71. The Morgan fingerprint density at radius 2 is 2.16 bits per heavy atom. The highest BCUT2D eigenvalue weighted by Crippen LogP contribution is 2.28. The van der Waals surface area contributed by atoms with E-state index >= 15 is 0 Å². The van der Waals surface area contributed by atoms with Crippen LogP contribution in [0.2, 0.25) is 5.02 Å². The van der Waals surface area contributed by atoms with E-state index in [0.717, 1.165) is 6.42 Å². The van der Waals surface area contributed by atoms with Gasteiger partial charge in [0.1, 0.15) is 5.75 Å². The maximum absolute atomic E-state index is 11.4. The Morgan fingerprint density at radius 1 is 1.47 bits per heavy atom. The van der Waals surface area contributed by atoms with Gasteiger partial charge in [-0.2, -0.15) is 0 Å². The van der Waals surface area contributed by atoms with Crippen LogP contribution in [-0.4, -0.2) is 31.9 Å². The monoisotopic (exact) mass is 307 g/mol. The number of carboxylic acid groups (broad SMARTS) is 1. The van der Waals surface area contributed by atoms with Crippen molar-refractivity contribution in [1.29, 1.82) is 0 Å². The number of halogens is 1. The average molecular weight is 308 g/mol. The predicted molar refractivity (Wildman–Crippen MR) is 72.3 cm³/mol. The van der Waals surface area contributed by atoms with Gasteiger partial charge < -0.3 is 9.84 Å². The number of ether oxygens (including phenoxy) is 1. The molecule has 0 fully saturated rings. The van der Waals surface area contributed by atoms with Gasteiger partial charge in [0.05, 0.1) is 17.3 Å². The molecule has 0 heterocycles. The summed E-state index contributed by atoms with van der Waals surface area (Å²) in [6, 6.07) is 4.35. The number of carboxylic acids is 1. The number of carbonyl (C=O) groups is 1. The number of rotatable bonds is 7. The maximum atomic E-state index is 11.4. The SMILES string of the molecule is CCCOc1ccc(NS(=O)(=O)CC(=O)O)cc1Cl. The first-order valence-corrected chi connectivity index (χ1v) is 7.51. The number of aliphatic carboxylic acids is 1. The first-order chi connectivity index (χ1) is 8.84. The summed E-state index contributed by atoms with van der Waals surface area (Å²) in [7, 11) is -3.93. The lowest BCUT2D eigenvalue weighted by atomic mass is 10.3. The van der Waals surface area contributed by atoms with Crippen LogP contribution in [0.4, 0.5) is 5.69 Å². The van der Waals surface area contributed by atoms with Crippen LogP contribution in [0.25, 0.3) is 0 Å². The third-order valence-corrected chi connectivity index (χ3v) is 3.45. The molecular formula is C11H14ClNO5S. The molecule has 0 saturated carbocycles. The molecule has 0 aliphatic heterocycles. The van der Waals surface area contributed by atoms with Crippen LogP contribution < -0.4 is 9.46 Å². The van der Waals surface area contributed by atoms with E-state index in [0.29, 0.717) is 12.4 Å². The number of sulfonamides is 1. The molecule has 0 radical (unpaired) electrons. The summed E-state index contributed by atoms with van der Waals surface area (Å²) < 4.78 is 30.3. The van der Waals surface area contributed by atoms with E-state index in [1.54, 1.807) is 0 Å². The molecule has 1 aromatic carbocycles. The smallest absolute Gasteiger partial charge is 0.320 e. The molecule has 2 N–H and O–H groups in total. The molecule has 1 aromatic rings. The number of anilines is 1. The zero-order valence-corrected chi connectivity index (χ0v) is 11.8. The quantitative estimate of drug-likeness (QED) is 0.803. The van der Waals surface area contributed by atoms with E-state index in [1.165, 1.54) is 18.2 Å². The van der Waals surface area contributed by atoms with Crippen molar-refractivity contribution in [3.8, 4) is 5.75 Å². The van der Waals surface area contributed by atoms with Crippen molar-refractivity contribution >= 4 is 33.3 Å². The normalized spacial score (nSPS) is 11.1. The van der Waals surface area contributed by atoms with Crippen LogP contribution in [0.15, 0.2) is 18.2 Å². The molecule has 0 unspecified atom stereocenters. The minimum Gasteiger partial charge on any atom is -0.492 e. The number of benzene rings is 1. The molecule has 0 amide bonds. The Kier molecular flexibility index (Phi) is 5.44. The summed E-state index contributed by atoms with van der Waals surface area (Å²) in [5.74, 6) is -1.98. The van der Waals surface area contributed by atoms with Crippen LogP contribution in [0.3, 0.4) is 0 Å². The van der Waals surface area contributed by atoms with E-state index in [9.17, 15) is 13.2 Å². The van der Waals surface area contributed by atoms with Gasteiger partial charge in [-0.3, -0.25) is 9.52 Å². The molecule has 0 aromatic heterocycles. The van der Waals surface area contributed by atoms with Crippen LogP contribution in [0.5, 0.6) is 5.75 Å². The second-order valence-electron chi connectivity index (χ2n) is 3.75. The third-order valence-electron chi connectivity index (χ3n) is 1.98. The first-order valence-electron chi connectivity index (χ1n) is 5.48. The van der Waals surface area contributed by atoms with Crippen molar-refractivity contribution in [2.75, 3.05) is 17.1 Å². The van der Waals surface area contributed by atoms with Gasteiger partial charge in [-0.15, -0.1) is 0 Å². The van der Waals surface area contributed by atoms with E-state index in [2.05, 4.69) is 4.72 Å². The van der Waals surface area contributed by atoms with Crippen LogP contribution in [0, 0.1) is 0 Å². The number of hydrogen-bond donors (Lipinski definition) is 2. The Balaban J connectivity index is 2.81. The Hall–Kier alpha value is -1.47. The fourth-order valence-electron chi connectivity index (χ4n) is 1.27. The second kappa shape index (κ2) is 6.63. The van der Waals surface area contributed by atoms with Gasteiger partial charge in [-0.1, -0.05) is 18.5 Å². The van der Waals surface area contributed by atoms with Crippen molar-refractivity contribution in [3.05, 3.63) is 23.2 Å². The standard InChI is InChI=1S/C11H14ClNO5S/c1-2-5-18-10-4-3-8(6-9(10)12)13-19(16,17)7-11(14)15/h3-4,6,13H,2,5,7H2,1H3,(H,14,15). The van der Waals surface area contributed by atoms with Crippen molar-refractivity contribution in [1.82, 2.24) is 0 Å². The van der Waals surface area contributed by atoms with Gasteiger partial charge in [-0.25, -0.2) is 8.42 Å². The molecule has 19 heavy (non-hydrogen) atoms. The van der Waals surface area contributed by atoms with Crippen molar-refractivity contribution in [2.45, 2.75) is 13.3 Å². The third kappa shape index (κ3) is 5.35. The Bertz CT molecular complexity index is 558. The molecule has 8 heteroatoms. The summed E-state index contributed by atoms with van der Waals surface area (Å²) in [4.78, 5) is 10.4. The number of hydrogen-bond acceptors (Lipinski definition) is 4. The topological polar surface area (TPSA) is 92.7 Å². The summed E-state index contributed by atoms with van der Waals surface area (Å²) in [6.07, 6.45) is 0.823. The summed E-state index contributed by atoms with van der Waals surface area (Å²) >= 11 is 5.92. The first kappa shape index (κ1) is 15.6. The fraction of sp³-hybridized carbons (Fsp3) is 0.364. The molecule has 6 nitrogen and oxygen atoms in total. The van der Waals surface area contributed by atoms with Gasteiger partial charge in [0.2, 0.25) is 10.0 Å². The Morgan fingerprint density at radius 3 is 2.68 bits per heavy atom. The molecule has 0 spiro atoms. The second-order valence-corrected chi connectivity index (χ2v) is 5.88.